The number of nitrogens with one attached hydrogen (secondary N) is 1. The minimum atomic E-state index is -1.17. The Morgan fingerprint density at radius 3 is 2.65 bits per heavy atom. The number of nitrogens with zero attached hydrogens (tertiary/aromatic N) is 4. The molecule has 26 heavy (non-hydrogen) atoms. The van der Waals surface area contributed by atoms with Gasteiger partial charge in [-0.2, -0.15) is 0 Å². The first-order valence-corrected chi connectivity index (χ1v) is 9.23. The molecule has 142 valence electrons. The van der Waals surface area contributed by atoms with Crippen LogP contribution in [-0.2, 0) is 4.74 Å². The van der Waals surface area contributed by atoms with Gasteiger partial charge in [0.1, 0.15) is 24.6 Å². The number of aromatic nitrogens is 4. The highest BCUT2D eigenvalue weighted by Gasteiger charge is 2.44. The summed E-state index contributed by atoms with van der Waals surface area (Å²) in [7, 11) is 0. The topological polar surface area (TPSA) is 126 Å². The first-order valence-electron chi connectivity index (χ1n) is 9.23. The Morgan fingerprint density at radius 2 is 1.92 bits per heavy atom. The van der Waals surface area contributed by atoms with Gasteiger partial charge in [0, 0.05) is 6.54 Å². The molecule has 1 aliphatic carbocycles. The van der Waals surface area contributed by atoms with Gasteiger partial charge >= 0.3 is 0 Å². The zero-order valence-electron chi connectivity index (χ0n) is 14.5. The molecule has 4 N–H and O–H groups in total. The highest BCUT2D eigenvalue weighted by atomic mass is 16.6. The maximum absolute atomic E-state index is 10.2. The summed E-state index contributed by atoms with van der Waals surface area (Å²) in [5, 5.41) is 32.9. The van der Waals surface area contributed by atoms with Crippen LogP contribution in [0.5, 0.6) is 0 Å². The Kier molecular flexibility index (Phi) is 5.03. The fourth-order valence-corrected chi connectivity index (χ4v) is 3.91. The first-order chi connectivity index (χ1) is 12.7. The summed E-state index contributed by atoms with van der Waals surface area (Å²) in [4.78, 5) is 12.9. The maximum Gasteiger partial charge on any atom is 0.167 e. The summed E-state index contributed by atoms with van der Waals surface area (Å²) >= 11 is 0. The van der Waals surface area contributed by atoms with E-state index in [2.05, 4.69) is 20.3 Å². The Hall–Kier alpha value is -1.81. The molecular weight excluding hydrogens is 338 g/mol. The van der Waals surface area contributed by atoms with E-state index in [0.717, 1.165) is 6.54 Å². The molecule has 9 heteroatoms. The van der Waals surface area contributed by atoms with Crippen LogP contribution in [0.3, 0.4) is 0 Å². The van der Waals surface area contributed by atoms with Crippen molar-refractivity contribution in [1.82, 2.24) is 19.5 Å². The fraction of sp³-hybridized carbons (Fsp3) is 0.706. The predicted octanol–water partition coefficient (Wildman–Crippen LogP) is 0.430. The predicted molar refractivity (Wildman–Crippen MR) is 93.4 cm³/mol. The molecule has 0 amide bonds. The molecule has 0 spiro atoms. The molecular formula is C17H25N5O4. The monoisotopic (exact) mass is 363 g/mol. The molecule has 4 atom stereocenters. The van der Waals surface area contributed by atoms with Gasteiger partial charge in [-0.25, -0.2) is 15.0 Å². The molecule has 4 unspecified atom stereocenters. The van der Waals surface area contributed by atoms with E-state index < -0.39 is 24.5 Å². The van der Waals surface area contributed by atoms with Gasteiger partial charge in [0.25, 0.3) is 0 Å². The van der Waals surface area contributed by atoms with Crippen LogP contribution in [0.25, 0.3) is 11.2 Å². The summed E-state index contributed by atoms with van der Waals surface area (Å²) in [5.74, 6) is 1.31. The van der Waals surface area contributed by atoms with E-state index in [1.807, 2.05) is 0 Å². The number of imidazole rings is 1. The molecule has 0 bridgehead atoms. The molecule has 0 radical (unpaired) electrons. The SMILES string of the molecule is OCC1OC(n2cnc3c(NCC4CCCCC4)ncnc32)C(O)C1O. The zero-order chi connectivity index (χ0) is 18.1. The van der Waals surface area contributed by atoms with Crippen molar-refractivity contribution in [2.24, 2.45) is 5.92 Å². The molecule has 2 aromatic heterocycles. The summed E-state index contributed by atoms with van der Waals surface area (Å²) in [6, 6.07) is 0. The normalized spacial score (nSPS) is 30.1. The van der Waals surface area contributed by atoms with Crippen molar-refractivity contribution in [1.29, 1.82) is 0 Å². The third-order valence-corrected chi connectivity index (χ3v) is 5.43. The lowest BCUT2D eigenvalue weighted by atomic mass is 9.89. The summed E-state index contributed by atoms with van der Waals surface area (Å²) < 4.78 is 7.15. The number of aliphatic hydroxyl groups excluding tert-OH is 3. The molecule has 2 aromatic rings. The quantitative estimate of drug-likeness (QED) is 0.603. The van der Waals surface area contributed by atoms with Gasteiger partial charge in [0.2, 0.25) is 0 Å². The van der Waals surface area contributed by atoms with Crippen LogP contribution in [0.15, 0.2) is 12.7 Å². The molecule has 1 aliphatic heterocycles. The van der Waals surface area contributed by atoms with E-state index in [0.29, 0.717) is 22.9 Å². The lowest BCUT2D eigenvalue weighted by Gasteiger charge is -2.22. The Balaban J connectivity index is 1.55. The number of anilines is 1. The van der Waals surface area contributed by atoms with Crippen LogP contribution in [0.4, 0.5) is 5.82 Å². The van der Waals surface area contributed by atoms with Crippen molar-refractivity contribution in [2.45, 2.75) is 56.6 Å². The average Bonchev–Trinajstić information content (AvgIpc) is 3.23. The van der Waals surface area contributed by atoms with Crippen molar-refractivity contribution in [3.63, 3.8) is 0 Å². The smallest absolute Gasteiger partial charge is 0.167 e. The lowest BCUT2D eigenvalue weighted by molar-refractivity contribution is -0.0511. The van der Waals surface area contributed by atoms with Gasteiger partial charge in [-0.05, 0) is 18.8 Å². The molecule has 1 saturated carbocycles. The van der Waals surface area contributed by atoms with Gasteiger partial charge in [-0.3, -0.25) is 4.57 Å². The van der Waals surface area contributed by atoms with Crippen LogP contribution >= 0.6 is 0 Å². The number of hydrogen-bond donors (Lipinski definition) is 4. The number of hydrogen-bond acceptors (Lipinski definition) is 8. The van der Waals surface area contributed by atoms with Gasteiger partial charge in [-0.15, -0.1) is 0 Å². The van der Waals surface area contributed by atoms with E-state index in [1.165, 1.54) is 44.8 Å². The van der Waals surface area contributed by atoms with Crippen LogP contribution in [-0.4, -0.2) is 66.3 Å². The maximum atomic E-state index is 10.2. The zero-order valence-corrected chi connectivity index (χ0v) is 14.5. The number of ether oxygens (including phenoxy) is 1. The van der Waals surface area contributed by atoms with Crippen molar-refractivity contribution in [3.05, 3.63) is 12.7 Å². The van der Waals surface area contributed by atoms with Crippen molar-refractivity contribution < 1.29 is 20.1 Å². The second kappa shape index (κ2) is 7.43. The lowest BCUT2D eigenvalue weighted by Crippen LogP contribution is -2.33. The molecule has 3 heterocycles. The van der Waals surface area contributed by atoms with E-state index in [1.54, 1.807) is 4.57 Å². The molecule has 2 fully saturated rings. The van der Waals surface area contributed by atoms with Crippen molar-refractivity contribution in [2.75, 3.05) is 18.5 Å². The van der Waals surface area contributed by atoms with Crippen LogP contribution < -0.4 is 5.32 Å². The van der Waals surface area contributed by atoms with Crippen LogP contribution in [0, 0.1) is 5.92 Å². The molecule has 1 saturated heterocycles. The average molecular weight is 363 g/mol. The van der Waals surface area contributed by atoms with Gasteiger partial charge in [-0.1, -0.05) is 19.3 Å². The fourth-order valence-electron chi connectivity index (χ4n) is 3.91. The van der Waals surface area contributed by atoms with Gasteiger partial charge < -0.3 is 25.4 Å². The van der Waals surface area contributed by atoms with Gasteiger partial charge in [0.05, 0.1) is 12.9 Å². The number of rotatable bonds is 5. The highest BCUT2D eigenvalue weighted by Crippen LogP contribution is 2.32. The van der Waals surface area contributed by atoms with E-state index >= 15 is 0 Å². The molecule has 9 nitrogen and oxygen atoms in total. The highest BCUT2D eigenvalue weighted by molar-refractivity contribution is 5.82. The largest absolute Gasteiger partial charge is 0.394 e. The van der Waals surface area contributed by atoms with Crippen LogP contribution in [0.2, 0.25) is 0 Å². The van der Waals surface area contributed by atoms with Crippen molar-refractivity contribution >= 4 is 17.0 Å². The van der Waals surface area contributed by atoms with Crippen molar-refractivity contribution in [3.8, 4) is 0 Å². The van der Waals surface area contributed by atoms with Gasteiger partial charge in [0.15, 0.2) is 23.2 Å². The number of fused-ring (bicyclic) bond motifs is 1. The minimum absolute atomic E-state index is 0.371. The summed E-state index contributed by atoms with van der Waals surface area (Å²) in [5.41, 5.74) is 1.11. The van der Waals surface area contributed by atoms with Crippen LogP contribution in [0.1, 0.15) is 38.3 Å². The Morgan fingerprint density at radius 1 is 1.12 bits per heavy atom. The minimum Gasteiger partial charge on any atom is -0.394 e. The Bertz CT molecular complexity index is 748. The standard InChI is InChI=1S/C17H25N5O4/c23-7-11-13(24)14(25)17(26-11)22-9-21-12-15(19-8-20-16(12)22)18-6-10-4-2-1-3-5-10/h8-11,13-14,17,23-25H,1-7H2,(H,18,19,20). The van der Waals surface area contributed by atoms with E-state index in [4.69, 9.17) is 4.74 Å². The Labute approximate surface area is 151 Å². The third kappa shape index (κ3) is 3.16. The summed E-state index contributed by atoms with van der Waals surface area (Å²) in [6.07, 6.45) is 5.31. The number of aliphatic hydroxyl groups is 3. The molecule has 0 aromatic carbocycles. The van der Waals surface area contributed by atoms with E-state index in [-0.39, 0.29) is 6.61 Å². The third-order valence-electron chi connectivity index (χ3n) is 5.43. The second-order valence-corrected chi connectivity index (χ2v) is 7.16. The molecule has 4 rings (SSSR count). The first kappa shape index (κ1) is 17.6. The summed E-state index contributed by atoms with van der Waals surface area (Å²) in [6.45, 7) is 0.483. The molecule has 2 aliphatic rings. The van der Waals surface area contributed by atoms with E-state index in [9.17, 15) is 15.3 Å². The second-order valence-electron chi connectivity index (χ2n) is 7.16.